The summed E-state index contributed by atoms with van der Waals surface area (Å²) >= 11 is 0. The first kappa shape index (κ1) is 19.1. The van der Waals surface area contributed by atoms with Gasteiger partial charge < -0.3 is 19.5 Å². The van der Waals surface area contributed by atoms with Crippen molar-refractivity contribution in [1.29, 1.82) is 0 Å². The lowest BCUT2D eigenvalue weighted by Crippen LogP contribution is -2.17. The van der Waals surface area contributed by atoms with Crippen molar-refractivity contribution in [3.63, 3.8) is 0 Å². The lowest BCUT2D eigenvalue weighted by molar-refractivity contribution is 0.322. The minimum Gasteiger partial charge on any atom is -0.493 e. The van der Waals surface area contributed by atoms with E-state index in [1.165, 1.54) is 6.33 Å². The molecule has 6 heteroatoms. The quantitative estimate of drug-likeness (QED) is 0.646. The van der Waals surface area contributed by atoms with Gasteiger partial charge in [0.05, 0.1) is 24.5 Å². The molecule has 1 aromatic heterocycles. The summed E-state index contributed by atoms with van der Waals surface area (Å²) in [6.07, 6.45) is 5.91. The number of nitrogens with one attached hydrogen (secondary N) is 1. The van der Waals surface area contributed by atoms with Crippen molar-refractivity contribution >= 4 is 5.69 Å². The van der Waals surface area contributed by atoms with E-state index in [-0.39, 0.29) is 0 Å². The summed E-state index contributed by atoms with van der Waals surface area (Å²) in [6, 6.07) is 10.3. The van der Waals surface area contributed by atoms with Crippen LogP contribution in [0.4, 0.5) is 5.69 Å². The molecule has 3 aromatic rings. The molecule has 0 amide bonds. The van der Waals surface area contributed by atoms with Crippen molar-refractivity contribution in [3.05, 3.63) is 60.2 Å². The van der Waals surface area contributed by atoms with Gasteiger partial charge in [0, 0.05) is 25.4 Å². The van der Waals surface area contributed by atoms with Crippen LogP contribution in [0.15, 0.2) is 49.1 Å². The highest BCUT2D eigenvalue weighted by Crippen LogP contribution is 2.43. The van der Waals surface area contributed by atoms with Crippen LogP contribution in [0.5, 0.6) is 17.2 Å². The maximum absolute atomic E-state index is 6.04. The molecule has 0 unspecified atom stereocenters. The van der Waals surface area contributed by atoms with Gasteiger partial charge in [-0.3, -0.25) is 0 Å². The zero-order valence-corrected chi connectivity index (χ0v) is 16.8. The summed E-state index contributed by atoms with van der Waals surface area (Å²) in [6.45, 7) is 6.60. The van der Waals surface area contributed by atoms with Crippen LogP contribution in [0.1, 0.15) is 25.0 Å². The molecule has 1 N–H and O–H groups in total. The maximum atomic E-state index is 6.04. The van der Waals surface area contributed by atoms with E-state index in [1.54, 1.807) is 0 Å². The van der Waals surface area contributed by atoms with Crippen LogP contribution in [0.25, 0.3) is 11.1 Å². The highest BCUT2D eigenvalue weighted by atomic mass is 16.5. The minimum absolute atomic E-state index is 0.572. The van der Waals surface area contributed by atoms with Crippen molar-refractivity contribution in [3.8, 4) is 28.4 Å². The first-order chi connectivity index (χ1) is 14.3. The predicted octanol–water partition coefficient (Wildman–Crippen LogP) is 4.34. The Kier molecular flexibility index (Phi) is 5.79. The second-order valence-corrected chi connectivity index (χ2v) is 6.74. The number of anilines is 1. The molecule has 0 spiro atoms. The van der Waals surface area contributed by atoms with Gasteiger partial charge in [0.1, 0.15) is 30.2 Å². The molecule has 1 aliphatic heterocycles. The number of hydrogen-bond acceptors (Lipinski definition) is 6. The third-order valence-electron chi connectivity index (χ3n) is 4.69. The molecule has 6 nitrogen and oxygen atoms in total. The zero-order chi connectivity index (χ0) is 20.1. The fourth-order valence-electron chi connectivity index (χ4n) is 3.52. The Labute approximate surface area is 170 Å². The van der Waals surface area contributed by atoms with E-state index in [0.717, 1.165) is 51.7 Å². The van der Waals surface area contributed by atoms with E-state index in [2.05, 4.69) is 39.6 Å². The van der Waals surface area contributed by atoms with Gasteiger partial charge in [-0.2, -0.15) is 0 Å². The van der Waals surface area contributed by atoms with Crippen LogP contribution in [0, 0.1) is 0 Å². The highest BCUT2D eigenvalue weighted by Gasteiger charge is 2.18. The molecular formula is C23H25N3O3. The Morgan fingerprint density at radius 1 is 0.966 bits per heavy atom. The summed E-state index contributed by atoms with van der Waals surface area (Å²) in [5.74, 6) is 2.49. The Bertz CT molecular complexity index is 949. The Morgan fingerprint density at radius 2 is 1.69 bits per heavy atom. The standard InChI is InChI=1S/C23H25N3O3/c1-3-27-21-10-16(9-17-13-24-15-25-14-17)11-22(28-4-2)23(21)18-5-6-20-19(12-18)26-7-8-29-20/h5-6,10-15,26H,3-4,7-9H2,1-2H3. The van der Waals surface area contributed by atoms with Crippen LogP contribution < -0.4 is 19.5 Å². The Morgan fingerprint density at radius 3 is 2.38 bits per heavy atom. The minimum atomic E-state index is 0.572. The lowest BCUT2D eigenvalue weighted by atomic mass is 9.98. The van der Waals surface area contributed by atoms with Gasteiger partial charge >= 0.3 is 0 Å². The molecule has 0 aliphatic carbocycles. The highest BCUT2D eigenvalue weighted by molar-refractivity contribution is 5.81. The van der Waals surface area contributed by atoms with E-state index in [1.807, 2.05) is 32.3 Å². The number of nitrogens with zero attached hydrogens (tertiary/aromatic N) is 2. The van der Waals surface area contributed by atoms with Gasteiger partial charge in [-0.15, -0.1) is 0 Å². The normalized spacial score (nSPS) is 12.5. The zero-order valence-electron chi connectivity index (χ0n) is 16.8. The summed E-state index contributed by atoms with van der Waals surface area (Å²) in [5, 5.41) is 3.40. The van der Waals surface area contributed by atoms with Crippen LogP contribution in [-0.4, -0.2) is 36.3 Å². The topological polar surface area (TPSA) is 65.5 Å². The molecule has 2 heterocycles. The number of rotatable bonds is 7. The van der Waals surface area contributed by atoms with E-state index >= 15 is 0 Å². The third kappa shape index (κ3) is 4.26. The third-order valence-corrected chi connectivity index (χ3v) is 4.69. The molecular weight excluding hydrogens is 366 g/mol. The molecule has 0 saturated carbocycles. The number of hydrogen-bond donors (Lipinski definition) is 1. The van der Waals surface area contributed by atoms with Crippen LogP contribution >= 0.6 is 0 Å². The number of benzene rings is 2. The molecule has 29 heavy (non-hydrogen) atoms. The first-order valence-electron chi connectivity index (χ1n) is 9.96. The van der Waals surface area contributed by atoms with Gasteiger partial charge in [0.2, 0.25) is 0 Å². The largest absolute Gasteiger partial charge is 0.493 e. The molecule has 0 fully saturated rings. The Hall–Kier alpha value is -3.28. The fourth-order valence-corrected chi connectivity index (χ4v) is 3.52. The molecule has 0 radical (unpaired) electrons. The maximum Gasteiger partial charge on any atom is 0.142 e. The van der Waals surface area contributed by atoms with Crippen molar-refractivity contribution in [2.24, 2.45) is 0 Å². The number of ether oxygens (including phenoxy) is 3. The second kappa shape index (κ2) is 8.82. The molecule has 1 aliphatic rings. The molecule has 0 saturated heterocycles. The monoisotopic (exact) mass is 391 g/mol. The van der Waals surface area contributed by atoms with Crippen LogP contribution in [0.3, 0.4) is 0 Å². The van der Waals surface area contributed by atoms with Crippen molar-refractivity contribution < 1.29 is 14.2 Å². The number of aromatic nitrogens is 2. The molecule has 4 rings (SSSR count). The SMILES string of the molecule is CCOc1cc(Cc2cncnc2)cc(OCC)c1-c1ccc2c(c1)NCCO2. The first-order valence-corrected chi connectivity index (χ1v) is 9.96. The van der Waals surface area contributed by atoms with Crippen LogP contribution in [0.2, 0.25) is 0 Å². The smallest absolute Gasteiger partial charge is 0.142 e. The fraction of sp³-hybridized carbons (Fsp3) is 0.304. The van der Waals surface area contributed by atoms with Gasteiger partial charge in [-0.25, -0.2) is 9.97 Å². The van der Waals surface area contributed by atoms with Crippen molar-refractivity contribution in [2.45, 2.75) is 20.3 Å². The van der Waals surface area contributed by atoms with E-state index < -0.39 is 0 Å². The average Bonchev–Trinajstić information content (AvgIpc) is 2.75. The van der Waals surface area contributed by atoms with E-state index in [0.29, 0.717) is 26.2 Å². The number of fused-ring (bicyclic) bond motifs is 1. The molecule has 0 atom stereocenters. The van der Waals surface area contributed by atoms with Gasteiger partial charge in [-0.1, -0.05) is 6.07 Å². The van der Waals surface area contributed by atoms with Crippen molar-refractivity contribution in [2.75, 3.05) is 31.7 Å². The molecule has 2 aromatic carbocycles. The van der Waals surface area contributed by atoms with E-state index in [9.17, 15) is 0 Å². The molecule has 150 valence electrons. The lowest BCUT2D eigenvalue weighted by Gasteiger charge is -2.22. The van der Waals surface area contributed by atoms with Gasteiger partial charge in [0.25, 0.3) is 0 Å². The molecule has 0 bridgehead atoms. The summed E-state index contributed by atoms with van der Waals surface area (Å²) in [7, 11) is 0. The second-order valence-electron chi connectivity index (χ2n) is 6.74. The van der Waals surface area contributed by atoms with Crippen LogP contribution in [-0.2, 0) is 6.42 Å². The van der Waals surface area contributed by atoms with Gasteiger partial charge in [0.15, 0.2) is 0 Å². The Balaban J connectivity index is 1.79. The summed E-state index contributed by atoms with van der Waals surface area (Å²) in [5.41, 5.74) is 5.11. The van der Waals surface area contributed by atoms with E-state index in [4.69, 9.17) is 14.2 Å². The summed E-state index contributed by atoms with van der Waals surface area (Å²) in [4.78, 5) is 8.22. The predicted molar refractivity (Wildman–Crippen MR) is 113 cm³/mol. The summed E-state index contributed by atoms with van der Waals surface area (Å²) < 4.78 is 17.8. The van der Waals surface area contributed by atoms with Gasteiger partial charge in [-0.05, 0) is 54.8 Å². The van der Waals surface area contributed by atoms with Crippen molar-refractivity contribution in [1.82, 2.24) is 9.97 Å². The average molecular weight is 391 g/mol.